The quantitative estimate of drug-likeness (QED) is 0.751. The summed E-state index contributed by atoms with van der Waals surface area (Å²) < 4.78 is 22.6. The van der Waals surface area contributed by atoms with Crippen LogP contribution in [0.15, 0.2) is 11.4 Å². The van der Waals surface area contributed by atoms with Crippen LogP contribution in [0.5, 0.6) is 0 Å². The summed E-state index contributed by atoms with van der Waals surface area (Å²) in [4.78, 5) is 12.7. The SMILES string of the molecule is NCC#Cc1cc(C(=O)NC2CCS(=O)(=O)C2)cs1. The predicted molar refractivity (Wildman–Crippen MR) is 74.8 cm³/mol. The molecule has 0 aromatic carbocycles. The van der Waals surface area contributed by atoms with E-state index in [0.29, 0.717) is 12.0 Å². The number of rotatable bonds is 2. The number of hydrogen-bond donors (Lipinski definition) is 2. The van der Waals surface area contributed by atoms with Gasteiger partial charge in [-0.05, 0) is 12.5 Å². The van der Waals surface area contributed by atoms with Crippen LogP contribution in [0.1, 0.15) is 21.7 Å². The van der Waals surface area contributed by atoms with E-state index in [4.69, 9.17) is 5.73 Å². The molecule has 7 heteroatoms. The summed E-state index contributed by atoms with van der Waals surface area (Å²) in [6.07, 6.45) is 0.484. The van der Waals surface area contributed by atoms with Gasteiger partial charge in [0.2, 0.25) is 0 Å². The Morgan fingerprint density at radius 2 is 2.37 bits per heavy atom. The zero-order valence-corrected chi connectivity index (χ0v) is 11.8. The summed E-state index contributed by atoms with van der Waals surface area (Å²) >= 11 is 1.37. The first kappa shape index (κ1) is 14.1. The predicted octanol–water partition coefficient (Wildman–Crippen LogP) is -0.0248. The van der Waals surface area contributed by atoms with E-state index in [1.807, 2.05) is 0 Å². The molecule has 19 heavy (non-hydrogen) atoms. The molecule has 1 aliphatic heterocycles. The number of hydrogen-bond acceptors (Lipinski definition) is 5. The van der Waals surface area contributed by atoms with Gasteiger partial charge in [0.05, 0.1) is 28.5 Å². The van der Waals surface area contributed by atoms with E-state index in [1.54, 1.807) is 11.4 Å². The zero-order valence-electron chi connectivity index (χ0n) is 10.2. The van der Waals surface area contributed by atoms with Gasteiger partial charge in [-0.1, -0.05) is 11.8 Å². The maximum absolute atomic E-state index is 11.9. The minimum Gasteiger partial charge on any atom is -0.348 e. The summed E-state index contributed by atoms with van der Waals surface area (Å²) in [6, 6.07) is 1.41. The number of carbonyl (C=O) groups is 1. The average Bonchev–Trinajstić information content (AvgIpc) is 2.93. The minimum absolute atomic E-state index is 0.0305. The highest BCUT2D eigenvalue weighted by Crippen LogP contribution is 2.16. The molecule has 0 spiro atoms. The van der Waals surface area contributed by atoms with Gasteiger partial charge in [0.25, 0.3) is 5.91 Å². The van der Waals surface area contributed by atoms with Gasteiger partial charge in [-0.25, -0.2) is 8.42 Å². The molecule has 0 saturated carbocycles. The fourth-order valence-corrected chi connectivity index (χ4v) is 4.27. The third-order valence-electron chi connectivity index (χ3n) is 2.74. The molecular weight excluding hydrogens is 284 g/mol. The van der Waals surface area contributed by atoms with Crippen molar-refractivity contribution in [2.45, 2.75) is 12.5 Å². The summed E-state index contributed by atoms with van der Waals surface area (Å²) in [5.41, 5.74) is 5.78. The highest BCUT2D eigenvalue weighted by atomic mass is 32.2. The topological polar surface area (TPSA) is 89.3 Å². The van der Waals surface area contributed by atoms with Crippen molar-refractivity contribution in [3.05, 3.63) is 21.9 Å². The molecule has 1 fully saturated rings. The summed E-state index contributed by atoms with van der Waals surface area (Å²) in [6.45, 7) is 0.277. The van der Waals surface area contributed by atoms with Crippen LogP contribution in [-0.2, 0) is 9.84 Å². The third-order valence-corrected chi connectivity index (χ3v) is 5.36. The number of nitrogens with two attached hydrogens (primary N) is 1. The minimum atomic E-state index is -2.98. The maximum Gasteiger partial charge on any atom is 0.252 e. The van der Waals surface area contributed by atoms with Gasteiger partial charge >= 0.3 is 0 Å². The summed E-state index contributed by atoms with van der Waals surface area (Å²) in [5.74, 6) is 5.50. The van der Waals surface area contributed by atoms with Crippen molar-refractivity contribution < 1.29 is 13.2 Å². The molecule has 1 saturated heterocycles. The van der Waals surface area contributed by atoms with Crippen molar-refractivity contribution in [2.24, 2.45) is 5.73 Å². The van der Waals surface area contributed by atoms with E-state index >= 15 is 0 Å². The Kier molecular flexibility index (Phi) is 4.24. The number of amides is 1. The number of sulfone groups is 1. The Morgan fingerprint density at radius 1 is 1.58 bits per heavy atom. The highest BCUT2D eigenvalue weighted by Gasteiger charge is 2.29. The van der Waals surface area contributed by atoms with E-state index in [9.17, 15) is 13.2 Å². The monoisotopic (exact) mass is 298 g/mol. The van der Waals surface area contributed by atoms with Crippen LogP contribution in [-0.4, -0.2) is 38.4 Å². The van der Waals surface area contributed by atoms with Crippen LogP contribution >= 0.6 is 11.3 Å². The molecule has 1 aliphatic rings. The Bertz CT molecular complexity index is 637. The van der Waals surface area contributed by atoms with Crippen LogP contribution in [0.25, 0.3) is 0 Å². The first-order valence-corrected chi connectivity index (χ1v) is 8.49. The second-order valence-electron chi connectivity index (χ2n) is 4.28. The third kappa shape index (κ3) is 3.80. The molecule has 0 aliphatic carbocycles. The van der Waals surface area contributed by atoms with Gasteiger partial charge in [0.1, 0.15) is 0 Å². The molecule has 2 heterocycles. The van der Waals surface area contributed by atoms with E-state index in [-0.39, 0.29) is 30.0 Å². The first-order valence-electron chi connectivity index (χ1n) is 5.79. The van der Waals surface area contributed by atoms with E-state index < -0.39 is 9.84 Å². The van der Waals surface area contributed by atoms with Crippen LogP contribution in [0.2, 0.25) is 0 Å². The Morgan fingerprint density at radius 3 is 3.00 bits per heavy atom. The standard InChI is InChI=1S/C12H14N2O3S2/c13-4-1-2-11-6-9(7-18-11)12(15)14-10-3-5-19(16,17)8-10/h6-7,10H,3-5,8,13H2,(H,14,15). The molecule has 1 amide bonds. The lowest BCUT2D eigenvalue weighted by molar-refractivity contribution is 0.0941. The highest BCUT2D eigenvalue weighted by molar-refractivity contribution is 7.91. The molecule has 1 unspecified atom stereocenters. The van der Waals surface area contributed by atoms with Gasteiger partial charge in [-0.15, -0.1) is 11.3 Å². The van der Waals surface area contributed by atoms with Crippen LogP contribution in [0.3, 0.4) is 0 Å². The van der Waals surface area contributed by atoms with Crippen LogP contribution in [0.4, 0.5) is 0 Å². The van der Waals surface area contributed by atoms with Crippen molar-refractivity contribution in [1.29, 1.82) is 0 Å². The maximum atomic E-state index is 11.9. The molecule has 5 nitrogen and oxygen atoms in total. The molecule has 2 rings (SSSR count). The van der Waals surface area contributed by atoms with Gasteiger partial charge in [-0.3, -0.25) is 4.79 Å². The van der Waals surface area contributed by atoms with Crippen molar-refractivity contribution >= 4 is 27.1 Å². The van der Waals surface area contributed by atoms with Crippen molar-refractivity contribution in [3.63, 3.8) is 0 Å². The van der Waals surface area contributed by atoms with Crippen molar-refractivity contribution in [3.8, 4) is 11.8 Å². The molecule has 3 N–H and O–H groups in total. The average molecular weight is 298 g/mol. The Labute approximate surface area is 116 Å². The summed E-state index contributed by atoms with van der Waals surface area (Å²) in [7, 11) is -2.98. The van der Waals surface area contributed by atoms with Gasteiger partial charge in [0.15, 0.2) is 9.84 Å². The number of thiophene rings is 1. The van der Waals surface area contributed by atoms with Crippen LogP contribution in [0, 0.1) is 11.8 Å². The lowest BCUT2D eigenvalue weighted by atomic mass is 10.2. The molecule has 0 radical (unpaired) electrons. The first-order chi connectivity index (χ1) is 9.00. The largest absolute Gasteiger partial charge is 0.348 e. The number of nitrogens with one attached hydrogen (secondary N) is 1. The van der Waals surface area contributed by atoms with Crippen molar-refractivity contribution in [1.82, 2.24) is 5.32 Å². The normalized spacial score (nSPS) is 20.6. The zero-order chi connectivity index (χ0) is 13.9. The van der Waals surface area contributed by atoms with Gasteiger partial charge in [0, 0.05) is 11.4 Å². The second kappa shape index (κ2) is 5.74. The molecular formula is C12H14N2O3S2. The molecule has 0 bridgehead atoms. The molecule has 102 valence electrons. The second-order valence-corrected chi connectivity index (χ2v) is 7.42. The van der Waals surface area contributed by atoms with E-state index in [1.165, 1.54) is 11.3 Å². The van der Waals surface area contributed by atoms with Crippen LogP contribution < -0.4 is 11.1 Å². The fraction of sp³-hybridized carbons (Fsp3) is 0.417. The summed E-state index contributed by atoms with van der Waals surface area (Å²) in [5, 5.41) is 4.44. The van der Waals surface area contributed by atoms with Gasteiger partial charge < -0.3 is 11.1 Å². The molecule has 1 aromatic heterocycles. The van der Waals surface area contributed by atoms with E-state index in [2.05, 4.69) is 17.2 Å². The Hall–Kier alpha value is -1.36. The lowest BCUT2D eigenvalue weighted by Gasteiger charge is -2.09. The number of carbonyl (C=O) groups excluding carboxylic acids is 1. The van der Waals surface area contributed by atoms with E-state index in [0.717, 1.165) is 4.88 Å². The van der Waals surface area contributed by atoms with Gasteiger partial charge in [-0.2, -0.15) is 0 Å². The smallest absolute Gasteiger partial charge is 0.252 e. The van der Waals surface area contributed by atoms with Crippen molar-refractivity contribution in [2.75, 3.05) is 18.1 Å². The fourth-order valence-electron chi connectivity index (χ4n) is 1.84. The molecule has 1 atom stereocenters. The molecule has 1 aromatic rings. The Balaban J connectivity index is 1.99. The lowest BCUT2D eigenvalue weighted by Crippen LogP contribution is -2.35.